The highest BCUT2D eigenvalue weighted by atomic mass is 32.1. The second-order valence-electron chi connectivity index (χ2n) is 4.97. The standard InChI is InChI=1S/C15H17N3OS/c1-10-17-14(9-20-10)11-4-2-5-12(8-11)18-15(19)13-6-3-7-16-13/h2,4-5,8-9,13,16H,3,6-7H2,1H3,(H,18,19)/t13-/m1/s1. The highest BCUT2D eigenvalue weighted by Gasteiger charge is 2.21. The molecular formula is C15H17N3OS. The number of thiazole rings is 1. The zero-order chi connectivity index (χ0) is 13.9. The van der Waals surface area contributed by atoms with Crippen molar-refractivity contribution in [3.63, 3.8) is 0 Å². The van der Waals surface area contributed by atoms with Crippen molar-refractivity contribution >= 4 is 22.9 Å². The molecule has 0 unspecified atom stereocenters. The lowest BCUT2D eigenvalue weighted by Crippen LogP contribution is -2.35. The Morgan fingerprint density at radius 2 is 2.40 bits per heavy atom. The average Bonchev–Trinajstić information content (AvgIpc) is 3.10. The maximum absolute atomic E-state index is 12.1. The lowest BCUT2D eigenvalue weighted by atomic mass is 10.1. The van der Waals surface area contributed by atoms with Crippen LogP contribution in [-0.2, 0) is 4.79 Å². The Balaban J connectivity index is 1.75. The molecule has 1 aliphatic heterocycles. The van der Waals surface area contributed by atoms with E-state index in [2.05, 4.69) is 15.6 Å². The molecule has 5 heteroatoms. The zero-order valence-electron chi connectivity index (χ0n) is 11.3. The van der Waals surface area contributed by atoms with Gasteiger partial charge in [-0.15, -0.1) is 11.3 Å². The average molecular weight is 287 g/mol. The number of anilines is 1. The van der Waals surface area contributed by atoms with Crippen LogP contribution < -0.4 is 10.6 Å². The van der Waals surface area contributed by atoms with Crippen LogP contribution in [0.15, 0.2) is 29.6 Å². The Morgan fingerprint density at radius 3 is 3.10 bits per heavy atom. The number of hydrogen-bond donors (Lipinski definition) is 2. The molecule has 2 heterocycles. The first-order chi connectivity index (χ1) is 9.72. The number of aromatic nitrogens is 1. The minimum atomic E-state index is -0.0554. The first-order valence-corrected chi connectivity index (χ1v) is 7.67. The predicted molar refractivity (Wildman–Crippen MR) is 81.9 cm³/mol. The highest BCUT2D eigenvalue weighted by Crippen LogP contribution is 2.24. The summed E-state index contributed by atoms with van der Waals surface area (Å²) in [5.74, 6) is 0.0501. The molecule has 1 aliphatic rings. The molecule has 0 bridgehead atoms. The van der Waals surface area contributed by atoms with Gasteiger partial charge in [0.05, 0.1) is 16.7 Å². The van der Waals surface area contributed by atoms with E-state index in [1.165, 1.54) is 0 Å². The molecule has 1 fully saturated rings. The number of carbonyl (C=O) groups excluding carboxylic acids is 1. The predicted octanol–water partition coefficient (Wildman–Crippen LogP) is 2.81. The van der Waals surface area contributed by atoms with E-state index >= 15 is 0 Å². The fourth-order valence-electron chi connectivity index (χ4n) is 2.39. The summed E-state index contributed by atoms with van der Waals surface area (Å²) in [6.07, 6.45) is 1.98. The molecule has 1 aromatic heterocycles. The molecule has 4 nitrogen and oxygen atoms in total. The van der Waals surface area contributed by atoms with Gasteiger partial charge in [-0.05, 0) is 38.4 Å². The molecule has 0 aliphatic carbocycles. The van der Waals surface area contributed by atoms with E-state index < -0.39 is 0 Å². The van der Waals surface area contributed by atoms with Gasteiger partial charge in [-0.1, -0.05) is 12.1 Å². The fourth-order valence-corrected chi connectivity index (χ4v) is 3.01. The molecule has 1 amide bonds. The molecule has 1 atom stereocenters. The van der Waals surface area contributed by atoms with E-state index in [9.17, 15) is 4.79 Å². The van der Waals surface area contributed by atoms with Crippen LogP contribution in [-0.4, -0.2) is 23.5 Å². The topological polar surface area (TPSA) is 54.0 Å². The van der Waals surface area contributed by atoms with E-state index in [-0.39, 0.29) is 11.9 Å². The summed E-state index contributed by atoms with van der Waals surface area (Å²) in [6.45, 7) is 2.92. The number of hydrogen-bond acceptors (Lipinski definition) is 4. The van der Waals surface area contributed by atoms with Crippen LogP contribution in [0.25, 0.3) is 11.3 Å². The third kappa shape index (κ3) is 2.89. The molecule has 104 valence electrons. The fraction of sp³-hybridized carbons (Fsp3) is 0.333. The maximum Gasteiger partial charge on any atom is 0.241 e. The first-order valence-electron chi connectivity index (χ1n) is 6.79. The number of amides is 1. The number of aryl methyl sites for hydroxylation is 1. The monoisotopic (exact) mass is 287 g/mol. The molecule has 20 heavy (non-hydrogen) atoms. The molecule has 0 radical (unpaired) electrons. The summed E-state index contributed by atoms with van der Waals surface area (Å²) in [4.78, 5) is 16.6. The van der Waals surface area contributed by atoms with Gasteiger partial charge in [0.15, 0.2) is 0 Å². The van der Waals surface area contributed by atoms with Crippen molar-refractivity contribution in [1.29, 1.82) is 0 Å². The normalized spacial score (nSPS) is 18.1. The first kappa shape index (κ1) is 13.3. The molecule has 0 saturated carbocycles. The summed E-state index contributed by atoms with van der Waals surface area (Å²) >= 11 is 1.63. The van der Waals surface area contributed by atoms with Crippen molar-refractivity contribution in [2.75, 3.05) is 11.9 Å². The maximum atomic E-state index is 12.1. The van der Waals surface area contributed by atoms with Crippen LogP contribution in [0.1, 0.15) is 17.8 Å². The SMILES string of the molecule is Cc1nc(-c2cccc(NC(=O)[C@H]3CCCN3)c2)cs1. The molecule has 1 saturated heterocycles. The zero-order valence-corrected chi connectivity index (χ0v) is 12.2. The van der Waals surface area contributed by atoms with Gasteiger partial charge < -0.3 is 10.6 Å². The van der Waals surface area contributed by atoms with Crippen LogP contribution in [0.5, 0.6) is 0 Å². The van der Waals surface area contributed by atoms with Crippen LogP contribution in [0.3, 0.4) is 0 Å². The third-order valence-corrected chi connectivity index (χ3v) is 4.20. The summed E-state index contributed by atoms with van der Waals surface area (Å²) in [5, 5.41) is 9.26. The van der Waals surface area contributed by atoms with Gasteiger partial charge in [0.25, 0.3) is 0 Å². The highest BCUT2D eigenvalue weighted by molar-refractivity contribution is 7.09. The van der Waals surface area contributed by atoms with Crippen LogP contribution in [0, 0.1) is 6.92 Å². The lowest BCUT2D eigenvalue weighted by molar-refractivity contribution is -0.117. The van der Waals surface area contributed by atoms with Gasteiger partial charge in [-0.3, -0.25) is 4.79 Å². The van der Waals surface area contributed by atoms with Gasteiger partial charge in [-0.25, -0.2) is 4.98 Å². The summed E-state index contributed by atoms with van der Waals surface area (Å²) in [5.41, 5.74) is 2.82. The van der Waals surface area contributed by atoms with Gasteiger partial charge in [-0.2, -0.15) is 0 Å². The summed E-state index contributed by atoms with van der Waals surface area (Å²) in [6, 6.07) is 7.79. The minimum Gasteiger partial charge on any atom is -0.325 e. The molecule has 0 spiro atoms. The van der Waals surface area contributed by atoms with Crippen LogP contribution >= 0.6 is 11.3 Å². The van der Waals surface area contributed by atoms with Crippen molar-refractivity contribution in [3.05, 3.63) is 34.7 Å². The number of benzene rings is 1. The van der Waals surface area contributed by atoms with Crippen molar-refractivity contribution in [2.24, 2.45) is 0 Å². The second-order valence-corrected chi connectivity index (χ2v) is 6.03. The number of nitrogens with zero attached hydrogens (tertiary/aromatic N) is 1. The van der Waals surface area contributed by atoms with E-state index in [4.69, 9.17) is 0 Å². The van der Waals surface area contributed by atoms with E-state index in [1.807, 2.05) is 36.6 Å². The molecule has 2 N–H and O–H groups in total. The van der Waals surface area contributed by atoms with Gasteiger partial charge in [0.2, 0.25) is 5.91 Å². The summed E-state index contributed by atoms with van der Waals surface area (Å²) in [7, 11) is 0. The smallest absolute Gasteiger partial charge is 0.241 e. The Bertz CT molecular complexity index is 617. The Hall–Kier alpha value is -1.72. The van der Waals surface area contributed by atoms with Gasteiger partial charge >= 0.3 is 0 Å². The van der Waals surface area contributed by atoms with Crippen molar-refractivity contribution in [1.82, 2.24) is 10.3 Å². The minimum absolute atomic E-state index is 0.0501. The van der Waals surface area contributed by atoms with Crippen molar-refractivity contribution in [2.45, 2.75) is 25.8 Å². The Morgan fingerprint density at radius 1 is 1.50 bits per heavy atom. The molecule has 3 rings (SSSR count). The van der Waals surface area contributed by atoms with E-state index in [0.717, 1.165) is 41.3 Å². The number of carbonyl (C=O) groups is 1. The van der Waals surface area contributed by atoms with E-state index in [1.54, 1.807) is 11.3 Å². The summed E-state index contributed by atoms with van der Waals surface area (Å²) < 4.78 is 0. The molecule has 2 aromatic rings. The molecular weight excluding hydrogens is 270 g/mol. The quantitative estimate of drug-likeness (QED) is 0.912. The van der Waals surface area contributed by atoms with Crippen LogP contribution in [0.2, 0.25) is 0 Å². The lowest BCUT2D eigenvalue weighted by Gasteiger charge is -2.11. The molecule has 1 aromatic carbocycles. The number of nitrogens with one attached hydrogen (secondary N) is 2. The van der Waals surface area contributed by atoms with E-state index in [0.29, 0.717) is 0 Å². The van der Waals surface area contributed by atoms with Crippen LogP contribution in [0.4, 0.5) is 5.69 Å². The number of rotatable bonds is 3. The third-order valence-electron chi connectivity index (χ3n) is 3.42. The van der Waals surface area contributed by atoms with Gasteiger partial charge in [0.1, 0.15) is 0 Å². The Labute approximate surface area is 122 Å². The van der Waals surface area contributed by atoms with Crippen molar-refractivity contribution in [3.8, 4) is 11.3 Å². The van der Waals surface area contributed by atoms with Gasteiger partial charge in [0, 0.05) is 16.6 Å². The second kappa shape index (κ2) is 5.73. The Kier molecular flexibility index (Phi) is 3.80. The van der Waals surface area contributed by atoms with Crippen molar-refractivity contribution < 1.29 is 4.79 Å². The largest absolute Gasteiger partial charge is 0.325 e.